The molecule has 1 unspecified atom stereocenters. The van der Waals surface area contributed by atoms with Gasteiger partial charge in [-0.25, -0.2) is 13.6 Å². The Kier molecular flexibility index (Phi) is 5.47. The van der Waals surface area contributed by atoms with Crippen molar-refractivity contribution < 1.29 is 23.5 Å². The van der Waals surface area contributed by atoms with Crippen LogP contribution >= 0.6 is 23.2 Å². The SMILES string of the molecule is O=C(O)C(CC(F)F)NC(=O)C1(c2ccc(Cl)c(Cl)c2)CCC1. The third kappa shape index (κ3) is 3.75. The maximum Gasteiger partial charge on any atom is 0.326 e. The van der Waals surface area contributed by atoms with E-state index in [-0.39, 0.29) is 5.02 Å². The highest BCUT2D eigenvalue weighted by Gasteiger charge is 2.47. The molecule has 4 nitrogen and oxygen atoms in total. The van der Waals surface area contributed by atoms with E-state index in [0.29, 0.717) is 23.4 Å². The number of carbonyl (C=O) groups is 2. The lowest BCUT2D eigenvalue weighted by Gasteiger charge is -2.41. The van der Waals surface area contributed by atoms with Crippen molar-refractivity contribution in [3.8, 4) is 0 Å². The summed E-state index contributed by atoms with van der Waals surface area (Å²) >= 11 is 11.8. The molecule has 1 fully saturated rings. The highest BCUT2D eigenvalue weighted by molar-refractivity contribution is 6.42. The Labute approximate surface area is 141 Å². The summed E-state index contributed by atoms with van der Waals surface area (Å²) in [5.41, 5.74) is -0.332. The molecule has 0 spiro atoms. The fourth-order valence-corrected chi connectivity index (χ4v) is 2.97. The number of halogens is 4. The predicted molar refractivity (Wildman–Crippen MR) is 82.2 cm³/mol. The first-order chi connectivity index (χ1) is 10.8. The number of hydrogen-bond acceptors (Lipinski definition) is 2. The van der Waals surface area contributed by atoms with Crippen molar-refractivity contribution in [3.05, 3.63) is 33.8 Å². The fourth-order valence-electron chi connectivity index (χ4n) is 2.67. The number of hydrogen-bond donors (Lipinski definition) is 2. The second-order valence-corrected chi connectivity index (χ2v) is 6.37. The van der Waals surface area contributed by atoms with Crippen molar-refractivity contribution in [1.29, 1.82) is 0 Å². The van der Waals surface area contributed by atoms with Gasteiger partial charge in [0.05, 0.1) is 15.5 Å². The summed E-state index contributed by atoms with van der Waals surface area (Å²) in [6.45, 7) is 0. The lowest BCUT2D eigenvalue weighted by Crippen LogP contribution is -2.54. The molecule has 1 aliphatic carbocycles. The van der Waals surface area contributed by atoms with Gasteiger partial charge in [0.2, 0.25) is 12.3 Å². The van der Waals surface area contributed by atoms with Crippen LogP contribution in [0.2, 0.25) is 10.0 Å². The van der Waals surface area contributed by atoms with Crippen molar-refractivity contribution >= 4 is 35.1 Å². The number of carbonyl (C=O) groups excluding carboxylic acids is 1. The Balaban J connectivity index is 2.23. The van der Waals surface area contributed by atoms with Gasteiger partial charge in [-0.1, -0.05) is 35.7 Å². The van der Waals surface area contributed by atoms with Gasteiger partial charge >= 0.3 is 5.97 Å². The van der Waals surface area contributed by atoms with Crippen LogP contribution in [0.4, 0.5) is 8.78 Å². The number of benzene rings is 1. The van der Waals surface area contributed by atoms with Gasteiger partial charge in [-0.15, -0.1) is 0 Å². The molecule has 0 aromatic heterocycles. The molecule has 1 saturated carbocycles. The number of carboxylic acids is 1. The largest absolute Gasteiger partial charge is 0.480 e. The molecular formula is C15H15Cl2F2NO3. The third-order valence-corrected chi connectivity index (χ3v) is 4.87. The van der Waals surface area contributed by atoms with Crippen molar-refractivity contribution in [2.24, 2.45) is 0 Å². The molecule has 126 valence electrons. The summed E-state index contributed by atoms with van der Waals surface area (Å²) in [5, 5.41) is 11.8. The van der Waals surface area contributed by atoms with Crippen LogP contribution in [0.3, 0.4) is 0 Å². The summed E-state index contributed by atoms with van der Waals surface area (Å²) in [4.78, 5) is 23.6. The molecule has 2 rings (SSSR count). The van der Waals surface area contributed by atoms with Crippen LogP contribution < -0.4 is 5.32 Å². The number of nitrogens with one attached hydrogen (secondary N) is 1. The molecule has 2 N–H and O–H groups in total. The van der Waals surface area contributed by atoms with Gasteiger partial charge in [0.1, 0.15) is 6.04 Å². The van der Waals surface area contributed by atoms with Gasteiger partial charge < -0.3 is 10.4 Å². The summed E-state index contributed by atoms with van der Waals surface area (Å²) in [5.74, 6) is -2.06. The molecule has 1 amide bonds. The van der Waals surface area contributed by atoms with Crippen molar-refractivity contribution in [3.63, 3.8) is 0 Å². The van der Waals surface area contributed by atoms with Crippen molar-refractivity contribution in [2.45, 2.75) is 43.6 Å². The van der Waals surface area contributed by atoms with Crippen molar-refractivity contribution in [2.75, 3.05) is 0 Å². The van der Waals surface area contributed by atoms with Gasteiger partial charge in [0.25, 0.3) is 0 Å². The second-order valence-electron chi connectivity index (χ2n) is 5.56. The molecule has 1 aliphatic rings. The number of alkyl halides is 2. The van der Waals surface area contributed by atoms with E-state index in [4.69, 9.17) is 28.3 Å². The Bertz CT molecular complexity index is 621. The fraction of sp³-hybridized carbons (Fsp3) is 0.467. The molecule has 0 radical (unpaired) electrons. The van der Waals surface area contributed by atoms with Crippen LogP contribution in [-0.2, 0) is 15.0 Å². The van der Waals surface area contributed by atoms with Crippen LogP contribution in [-0.4, -0.2) is 29.5 Å². The predicted octanol–water partition coefficient (Wildman–Crippen LogP) is 3.64. The van der Waals surface area contributed by atoms with E-state index in [1.54, 1.807) is 18.2 Å². The van der Waals surface area contributed by atoms with Crippen LogP contribution in [0, 0.1) is 0 Å². The smallest absolute Gasteiger partial charge is 0.326 e. The average Bonchev–Trinajstić information content (AvgIpc) is 2.40. The quantitative estimate of drug-likeness (QED) is 0.808. The van der Waals surface area contributed by atoms with E-state index < -0.39 is 36.2 Å². The number of carboxylic acid groups (broad SMARTS) is 1. The molecule has 0 heterocycles. The zero-order chi connectivity index (χ0) is 17.2. The zero-order valence-electron chi connectivity index (χ0n) is 12.0. The minimum absolute atomic E-state index is 0.283. The minimum atomic E-state index is -2.82. The zero-order valence-corrected chi connectivity index (χ0v) is 13.5. The van der Waals surface area contributed by atoms with Gasteiger partial charge in [0, 0.05) is 6.42 Å². The lowest BCUT2D eigenvalue weighted by molar-refractivity contribution is -0.144. The molecule has 23 heavy (non-hydrogen) atoms. The number of rotatable bonds is 6. The molecule has 0 saturated heterocycles. The van der Waals surface area contributed by atoms with Crippen LogP contribution in [0.15, 0.2) is 18.2 Å². The summed E-state index contributed by atoms with van der Waals surface area (Å²) in [6.07, 6.45) is -1.98. The number of amides is 1. The van der Waals surface area contributed by atoms with Crippen LogP contribution in [0.25, 0.3) is 0 Å². The Hall–Kier alpha value is -1.40. The molecule has 0 bridgehead atoms. The first-order valence-electron chi connectivity index (χ1n) is 7.04. The van der Waals surface area contributed by atoms with Crippen LogP contribution in [0.1, 0.15) is 31.2 Å². The standard InChI is InChI=1S/C15H15Cl2F2NO3/c16-9-3-2-8(6-10(9)17)15(4-1-5-15)14(23)20-11(13(21)22)7-12(18)19/h2-3,6,11-12H,1,4-5,7H2,(H,20,23)(H,21,22). The first kappa shape index (κ1) is 17.9. The Morgan fingerprint density at radius 1 is 1.26 bits per heavy atom. The monoisotopic (exact) mass is 365 g/mol. The van der Waals surface area contributed by atoms with E-state index in [9.17, 15) is 18.4 Å². The van der Waals surface area contributed by atoms with E-state index >= 15 is 0 Å². The van der Waals surface area contributed by atoms with Gasteiger partial charge in [-0.3, -0.25) is 4.79 Å². The van der Waals surface area contributed by atoms with Gasteiger partial charge in [0.15, 0.2) is 0 Å². The maximum atomic E-state index is 12.5. The molecule has 8 heteroatoms. The number of aliphatic carboxylic acids is 1. The lowest BCUT2D eigenvalue weighted by atomic mass is 9.63. The Morgan fingerprint density at radius 2 is 1.91 bits per heavy atom. The molecule has 1 aromatic carbocycles. The van der Waals surface area contributed by atoms with E-state index in [1.807, 2.05) is 0 Å². The van der Waals surface area contributed by atoms with Crippen molar-refractivity contribution in [1.82, 2.24) is 5.32 Å². The average molecular weight is 366 g/mol. The highest BCUT2D eigenvalue weighted by atomic mass is 35.5. The maximum absolute atomic E-state index is 12.5. The highest BCUT2D eigenvalue weighted by Crippen LogP contribution is 2.45. The van der Waals surface area contributed by atoms with Gasteiger partial charge in [-0.2, -0.15) is 0 Å². The second kappa shape index (κ2) is 7.01. The third-order valence-electron chi connectivity index (χ3n) is 4.13. The minimum Gasteiger partial charge on any atom is -0.480 e. The van der Waals surface area contributed by atoms with E-state index in [0.717, 1.165) is 6.42 Å². The first-order valence-corrected chi connectivity index (χ1v) is 7.79. The normalized spacial score (nSPS) is 17.4. The molecule has 1 aromatic rings. The summed E-state index contributed by atoms with van der Waals surface area (Å²) in [6, 6.07) is 3.14. The van der Waals surface area contributed by atoms with Crippen LogP contribution in [0.5, 0.6) is 0 Å². The molecule has 0 aliphatic heterocycles. The summed E-state index contributed by atoms with van der Waals surface area (Å²) < 4.78 is 24.9. The Morgan fingerprint density at radius 3 is 2.35 bits per heavy atom. The molecule has 1 atom stereocenters. The summed E-state index contributed by atoms with van der Waals surface area (Å²) in [7, 11) is 0. The van der Waals surface area contributed by atoms with E-state index in [1.165, 1.54) is 0 Å². The molecular weight excluding hydrogens is 351 g/mol. The topological polar surface area (TPSA) is 66.4 Å². The van der Waals surface area contributed by atoms with E-state index in [2.05, 4.69) is 5.32 Å². The van der Waals surface area contributed by atoms with Gasteiger partial charge in [-0.05, 0) is 30.5 Å².